The third kappa shape index (κ3) is 3.61. The summed E-state index contributed by atoms with van der Waals surface area (Å²) in [5, 5.41) is 16.9. The average molecular weight is 225 g/mol. The Morgan fingerprint density at radius 3 is 2.81 bits per heavy atom. The van der Waals surface area contributed by atoms with Crippen LogP contribution in [0.5, 0.6) is 0 Å². The Labute approximate surface area is 97.7 Å². The van der Waals surface area contributed by atoms with Crippen molar-refractivity contribution in [2.75, 3.05) is 6.61 Å². The van der Waals surface area contributed by atoms with Gasteiger partial charge in [-0.15, -0.1) is 0 Å². The minimum atomic E-state index is -0.250. The van der Waals surface area contributed by atoms with Crippen LogP contribution in [0.15, 0.2) is 12.3 Å². The molecule has 92 valence electrons. The number of hydrogen-bond donors (Lipinski definition) is 2. The van der Waals surface area contributed by atoms with Gasteiger partial charge in [-0.2, -0.15) is 5.10 Å². The molecule has 16 heavy (non-hydrogen) atoms. The van der Waals surface area contributed by atoms with E-state index in [0.717, 1.165) is 12.1 Å². The molecule has 0 bridgehead atoms. The molecule has 0 amide bonds. The lowest BCUT2D eigenvalue weighted by molar-refractivity contribution is 0.187. The minimum Gasteiger partial charge on any atom is -0.394 e. The quantitative estimate of drug-likeness (QED) is 0.775. The van der Waals surface area contributed by atoms with E-state index in [9.17, 15) is 0 Å². The van der Waals surface area contributed by atoms with Crippen molar-refractivity contribution in [2.45, 2.75) is 52.2 Å². The van der Waals surface area contributed by atoms with Gasteiger partial charge in [0.25, 0.3) is 0 Å². The van der Waals surface area contributed by atoms with Crippen LogP contribution in [0.25, 0.3) is 0 Å². The second-order valence-corrected chi connectivity index (χ2v) is 4.94. The van der Waals surface area contributed by atoms with Crippen LogP contribution in [-0.4, -0.2) is 27.0 Å². The first-order valence-corrected chi connectivity index (χ1v) is 5.88. The van der Waals surface area contributed by atoms with E-state index in [0.29, 0.717) is 12.6 Å². The summed E-state index contributed by atoms with van der Waals surface area (Å²) >= 11 is 0. The normalized spacial score (nSPS) is 14.1. The van der Waals surface area contributed by atoms with Crippen LogP contribution in [-0.2, 0) is 6.54 Å². The fourth-order valence-corrected chi connectivity index (χ4v) is 1.29. The van der Waals surface area contributed by atoms with Crippen molar-refractivity contribution in [1.82, 2.24) is 15.1 Å². The maximum absolute atomic E-state index is 9.12. The summed E-state index contributed by atoms with van der Waals surface area (Å²) in [5.74, 6) is 0. The zero-order valence-electron chi connectivity index (χ0n) is 10.7. The molecule has 0 saturated carbocycles. The van der Waals surface area contributed by atoms with Crippen LogP contribution < -0.4 is 5.32 Å². The lowest BCUT2D eigenvalue weighted by Gasteiger charge is -2.22. The molecule has 0 aromatic carbocycles. The molecule has 1 heterocycles. The van der Waals surface area contributed by atoms with E-state index in [4.69, 9.17) is 5.11 Å². The lowest BCUT2D eigenvalue weighted by atomic mass is 10.1. The summed E-state index contributed by atoms with van der Waals surface area (Å²) in [6.45, 7) is 9.06. The van der Waals surface area contributed by atoms with Gasteiger partial charge in [-0.25, -0.2) is 0 Å². The molecule has 1 atom stereocenters. The molecule has 0 spiro atoms. The molecule has 0 aliphatic rings. The minimum absolute atomic E-state index is 0.124. The Hall–Kier alpha value is -0.870. The van der Waals surface area contributed by atoms with Crippen molar-refractivity contribution >= 4 is 0 Å². The van der Waals surface area contributed by atoms with Crippen molar-refractivity contribution < 1.29 is 5.11 Å². The number of aliphatic hydroxyl groups is 1. The first-order chi connectivity index (χ1) is 7.48. The smallest absolute Gasteiger partial charge is 0.0762 e. The summed E-state index contributed by atoms with van der Waals surface area (Å²) < 4.78 is 1.99. The average Bonchev–Trinajstić information content (AvgIpc) is 2.74. The van der Waals surface area contributed by atoms with Crippen LogP contribution in [0.2, 0.25) is 0 Å². The first kappa shape index (κ1) is 13.2. The molecule has 4 heteroatoms. The summed E-state index contributed by atoms with van der Waals surface area (Å²) in [6, 6.07) is 2.46. The summed E-state index contributed by atoms with van der Waals surface area (Å²) in [6.07, 6.45) is 3.09. The molecule has 0 aliphatic heterocycles. The number of nitrogens with one attached hydrogen (secondary N) is 1. The molecule has 1 aromatic heterocycles. The van der Waals surface area contributed by atoms with E-state index in [-0.39, 0.29) is 12.1 Å². The molecular formula is C12H23N3O. The van der Waals surface area contributed by atoms with Crippen molar-refractivity contribution in [3.8, 4) is 0 Å². The molecule has 0 aliphatic carbocycles. The monoisotopic (exact) mass is 225 g/mol. The third-order valence-electron chi connectivity index (χ3n) is 2.85. The van der Waals surface area contributed by atoms with Crippen LogP contribution in [0.4, 0.5) is 0 Å². The Morgan fingerprint density at radius 2 is 2.25 bits per heavy atom. The van der Waals surface area contributed by atoms with Crippen molar-refractivity contribution in [1.29, 1.82) is 0 Å². The standard InChI is InChI=1S/C12H23N3O/c1-5-10(2)15-7-6-11(14-15)8-13-12(3,4)9-16/h6-7,10,13,16H,5,8-9H2,1-4H3. The highest BCUT2D eigenvalue weighted by atomic mass is 16.3. The zero-order valence-corrected chi connectivity index (χ0v) is 10.7. The molecular weight excluding hydrogens is 202 g/mol. The summed E-state index contributed by atoms with van der Waals surface area (Å²) in [4.78, 5) is 0. The van der Waals surface area contributed by atoms with Gasteiger partial charge in [0, 0.05) is 24.3 Å². The van der Waals surface area contributed by atoms with Gasteiger partial charge in [-0.1, -0.05) is 6.92 Å². The molecule has 1 aromatic rings. The van der Waals surface area contributed by atoms with Gasteiger partial charge in [0.1, 0.15) is 0 Å². The maximum atomic E-state index is 9.12. The predicted molar refractivity (Wildman–Crippen MR) is 65.2 cm³/mol. The number of aromatic nitrogens is 2. The van der Waals surface area contributed by atoms with E-state index < -0.39 is 0 Å². The highest BCUT2D eigenvalue weighted by Gasteiger charge is 2.15. The number of nitrogens with zero attached hydrogens (tertiary/aromatic N) is 2. The molecule has 4 nitrogen and oxygen atoms in total. The Bertz CT molecular complexity index is 320. The molecule has 0 radical (unpaired) electrons. The summed E-state index contributed by atoms with van der Waals surface area (Å²) in [7, 11) is 0. The fraction of sp³-hybridized carbons (Fsp3) is 0.750. The largest absolute Gasteiger partial charge is 0.394 e. The second-order valence-electron chi connectivity index (χ2n) is 4.94. The number of aliphatic hydroxyl groups excluding tert-OH is 1. The lowest BCUT2D eigenvalue weighted by Crippen LogP contribution is -2.42. The highest BCUT2D eigenvalue weighted by Crippen LogP contribution is 2.10. The second kappa shape index (κ2) is 5.46. The first-order valence-electron chi connectivity index (χ1n) is 5.88. The number of hydrogen-bond acceptors (Lipinski definition) is 3. The Balaban J connectivity index is 2.53. The van der Waals surface area contributed by atoms with Crippen molar-refractivity contribution in [3.05, 3.63) is 18.0 Å². The molecule has 2 N–H and O–H groups in total. The third-order valence-corrected chi connectivity index (χ3v) is 2.85. The Morgan fingerprint density at radius 1 is 1.56 bits per heavy atom. The van der Waals surface area contributed by atoms with Crippen molar-refractivity contribution in [2.24, 2.45) is 0 Å². The molecule has 1 rings (SSSR count). The topological polar surface area (TPSA) is 50.1 Å². The van der Waals surface area contributed by atoms with Crippen molar-refractivity contribution in [3.63, 3.8) is 0 Å². The summed E-state index contributed by atoms with van der Waals surface area (Å²) in [5.41, 5.74) is 0.766. The zero-order chi connectivity index (χ0) is 12.2. The van der Waals surface area contributed by atoms with Crippen LogP contribution >= 0.6 is 0 Å². The van der Waals surface area contributed by atoms with Gasteiger partial charge in [-0.3, -0.25) is 4.68 Å². The SMILES string of the molecule is CCC(C)n1ccc(CNC(C)(C)CO)n1. The van der Waals surface area contributed by atoms with E-state index in [1.165, 1.54) is 0 Å². The van der Waals surface area contributed by atoms with Gasteiger partial charge in [0.2, 0.25) is 0 Å². The van der Waals surface area contributed by atoms with Gasteiger partial charge < -0.3 is 10.4 Å². The van der Waals surface area contributed by atoms with Crippen LogP contribution in [0.3, 0.4) is 0 Å². The molecule has 0 fully saturated rings. The van der Waals surface area contributed by atoms with E-state index in [2.05, 4.69) is 24.3 Å². The predicted octanol–water partition coefficient (Wildman–Crippen LogP) is 1.71. The van der Waals surface area contributed by atoms with Crippen LogP contribution in [0, 0.1) is 0 Å². The fourth-order valence-electron chi connectivity index (χ4n) is 1.29. The highest BCUT2D eigenvalue weighted by molar-refractivity contribution is 5.00. The molecule has 1 unspecified atom stereocenters. The maximum Gasteiger partial charge on any atom is 0.0762 e. The van der Waals surface area contributed by atoms with E-state index >= 15 is 0 Å². The number of rotatable bonds is 6. The van der Waals surface area contributed by atoms with Gasteiger partial charge >= 0.3 is 0 Å². The van der Waals surface area contributed by atoms with Gasteiger partial charge in [0.15, 0.2) is 0 Å². The van der Waals surface area contributed by atoms with E-state index in [1.54, 1.807) is 0 Å². The van der Waals surface area contributed by atoms with E-state index in [1.807, 2.05) is 30.8 Å². The molecule has 0 saturated heterocycles. The van der Waals surface area contributed by atoms with Crippen LogP contribution in [0.1, 0.15) is 45.9 Å². The Kier molecular flexibility index (Phi) is 4.50. The van der Waals surface area contributed by atoms with Gasteiger partial charge in [0.05, 0.1) is 12.3 Å². The van der Waals surface area contributed by atoms with Gasteiger partial charge in [-0.05, 0) is 33.3 Å².